The van der Waals surface area contributed by atoms with Gasteiger partial charge in [-0.3, -0.25) is 9.59 Å². The quantitative estimate of drug-likeness (QED) is 0.519. The Hall–Kier alpha value is -3.12. The summed E-state index contributed by atoms with van der Waals surface area (Å²) < 4.78 is 0. The highest BCUT2D eigenvalue weighted by Crippen LogP contribution is 2.19. The minimum atomic E-state index is -0.793. The topological polar surface area (TPSA) is 108 Å². The van der Waals surface area contributed by atoms with Crippen molar-refractivity contribution in [1.82, 2.24) is 10.3 Å². The number of aromatic hydroxyl groups is 1. The number of H-pyrrole nitrogens is 1. The van der Waals surface area contributed by atoms with Gasteiger partial charge >= 0.3 is 0 Å². The van der Waals surface area contributed by atoms with E-state index in [2.05, 4.69) is 10.3 Å². The van der Waals surface area contributed by atoms with Gasteiger partial charge in [0.05, 0.1) is 12.1 Å². The lowest BCUT2D eigenvalue weighted by Gasteiger charge is -2.16. The van der Waals surface area contributed by atoms with Gasteiger partial charge in [0, 0.05) is 23.5 Å². The van der Waals surface area contributed by atoms with E-state index in [1.807, 2.05) is 36.7 Å². The molecule has 2 atom stereocenters. The van der Waals surface area contributed by atoms with Gasteiger partial charge in [0.1, 0.15) is 5.75 Å². The molecule has 0 unspecified atom stereocenters. The van der Waals surface area contributed by atoms with Gasteiger partial charge in [-0.25, -0.2) is 0 Å². The third kappa shape index (κ3) is 4.10. The molecule has 5 N–H and O–H groups in total. The van der Waals surface area contributed by atoms with Gasteiger partial charge in [0.2, 0.25) is 12.2 Å². The van der Waals surface area contributed by atoms with Crippen LogP contribution in [0, 0.1) is 0 Å². The van der Waals surface area contributed by atoms with E-state index in [1.165, 1.54) is 0 Å². The van der Waals surface area contributed by atoms with Gasteiger partial charge in [0.25, 0.3) is 0 Å². The number of phenols is 1. The van der Waals surface area contributed by atoms with E-state index in [1.54, 1.807) is 24.3 Å². The van der Waals surface area contributed by atoms with E-state index < -0.39 is 18.0 Å². The van der Waals surface area contributed by atoms with Gasteiger partial charge in [-0.2, -0.15) is 0 Å². The average Bonchev–Trinajstić information content (AvgIpc) is 3.06. The first-order valence-electron chi connectivity index (χ1n) is 8.33. The summed E-state index contributed by atoms with van der Waals surface area (Å²) in [5.74, 6) is -0.257. The first-order valence-corrected chi connectivity index (χ1v) is 8.33. The molecule has 1 heterocycles. The van der Waals surface area contributed by atoms with Crippen LogP contribution in [0.5, 0.6) is 5.75 Å². The molecule has 1 amide bonds. The van der Waals surface area contributed by atoms with Crippen LogP contribution < -0.4 is 11.1 Å². The second-order valence-electron chi connectivity index (χ2n) is 6.22. The fourth-order valence-electron chi connectivity index (χ4n) is 2.90. The Morgan fingerprint density at radius 1 is 1.15 bits per heavy atom. The van der Waals surface area contributed by atoms with Crippen LogP contribution in [-0.2, 0) is 22.4 Å². The minimum absolute atomic E-state index is 0.154. The molecular formula is C20H20N3O3. The maximum absolute atomic E-state index is 12.3. The molecule has 0 aliphatic carbocycles. The molecule has 6 nitrogen and oxygen atoms in total. The first-order chi connectivity index (χ1) is 12.6. The van der Waals surface area contributed by atoms with Crippen molar-refractivity contribution >= 4 is 23.1 Å². The molecule has 1 aromatic heterocycles. The maximum atomic E-state index is 12.3. The maximum Gasteiger partial charge on any atom is 0.237 e. The molecule has 26 heavy (non-hydrogen) atoms. The molecule has 0 aliphatic heterocycles. The summed E-state index contributed by atoms with van der Waals surface area (Å²) >= 11 is 0. The van der Waals surface area contributed by atoms with Crippen LogP contribution in [0.3, 0.4) is 0 Å². The van der Waals surface area contributed by atoms with Crippen molar-refractivity contribution in [1.29, 1.82) is 0 Å². The lowest BCUT2D eigenvalue weighted by Crippen LogP contribution is -2.47. The number of hydrogen-bond donors (Lipinski definition) is 4. The van der Waals surface area contributed by atoms with Crippen LogP contribution >= 0.6 is 0 Å². The number of nitrogens with one attached hydrogen (secondary N) is 2. The molecule has 0 saturated carbocycles. The van der Waals surface area contributed by atoms with Crippen molar-refractivity contribution < 1.29 is 14.7 Å². The van der Waals surface area contributed by atoms with Crippen molar-refractivity contribution in [3.05, 3.63) is 65.9 Å². The third-order valence-electron chi connectivity index (χ3n) is 4.29. The highest BCUT2D eigenvalue weighted by molar-refractivity contribution is 5.86. The second-order valence-corrected chi connectivity index (χ2v) is 6.22. The lowest BCUT2D eigenvalue weighted by molar-refractivity contribution is -0.122. The zero-order chi connectivity index (χ0) is 18.5. The lowest BCUT2D eigenvalue weighted by atomic mass is 10.0. The van der Waals surface area contributed by atoms with Crippen molar-refractivity contribution in [3.63, 3.8) is 0 Å². The molecular weight excluding hydrogens is 330 g/mol. The minimum Gasteiger partial charge on any atom is -0.508 e. The highest BCUT2D eigenvalue weighted by atomic mass is 16.3. The predicted octanol–water partition coefficient (Wildman–Crippen LogP) is 1.58. The molecule has 6 heteroatoms. The molecule has 0 saturated heterocycles. The van der Waals surface area contributed by atoms with E-state index in [0.29, 0.717) is 12.8 Å². The van der Waals surface area contributed by atoms with Crippen LogP contribution in [0.4, 0.5) is 0 Å². The second kappa shape index (κ2) is 7.84. The molecule has 3 aromatic rings. The zero-order valence-corrected chi connectivity index (χ0v) is 14.1. The van der Waals surface area contributed by atoms with Crippen molar-refractivity contribution in [2.45, 2.75) is 24.9 Å². The summed E-state index contributed by atoms with van der Waals surface area (Å²) in [5, 5.41) is 13.0. The number of phenolic OH excluding ortho intramolecular Hbond substituents is 1. The van der Waals surface area contributed by atoms with Crippen molar-refractivity contribution in [2.75, 3.05) is 0 Å². The molecule has 0 spiro atoms. The highest BCUT2D eigenvalue weighted by Gasteiger charge is 2.20. The summed E-state index contributed by atoms with van der Waals surface area (Å²) in [6.07, 6.45) is 4.36. The number of carbonyl (C=O) groups excluding carboxylic acids is 2. The van der Waals surface area contributed by atoms with Crippen LogP contribution in [0.15, 0.2) is 54.7 Å². The summed E-state index contributed by atoms with van der Waals surface area (Å²) in [6.45, 7) is 0. The molecule has 0 fully saturated rings. The molecule has 133 valence electrons. The third-order valence-corrected chi connectivity index (χ3v) is 4.29. The van der Waals surface area contributed by atoms with E-state index >= 15 is 0 Å². The predicted molar refractivity (Wildman–Crippen MR) is 99.4 cm³/mol. The number of amides is 1. The molecule has 1 radical (unpaired) electrons. The molecule has 0 bridgehead atoms. The summed E-state index contributed by atoms with van der Waals surface area (Å²) in [4.78, 5) is 26.7. The van der Waals surface area contributed by atoms with Gasteiger partial charge < -0.3 is 21.1 Å². The average molecular weight is 350 g/mol. The molecule has 2 aromatic carbocycles. The Bertz CT molecular complexity index is 902. The van der Waals surface area contributed by atoms with Crippen LogP contribution in [0.25, 0.3) is 10.9 Å². The van der Waals surface area contributed by atoms with Crippen LogP contribution in [0.2, 0.25) is 0 Å². The van der Waals surface area contributed by atoms with Crippen LogP contribution in [-0.4, -0.2) is 34.4 Å². The van der Waals surface area contributed by atoms with Crippen molar-refractivity contribution in [3.8, 4) is 5.75 Å². The van der Waals surface area contributed by atoms with Gasteiger partial charge in [-0.05, 0) is 35.7 Å². The standard InChI is InChI=1S/C20H20N3O3/c21-18(9-13-5-7-16(25)8-6-13)20(26)23-15(12-24)10-14-11-22-19-4-2-1-3-17(14)19/h1-8,11,15,18,22,25H,9-10,21H2,(H,23,26)/t15-,18-/m1/s1. The summed E-state index contributed by atoms with van der Waals surface area (Å²) in [5.41, 5.74) is 8.68. The SMILES string of the molecule is N[C@H](Cc1ccc(O)cc1)C(=O)N[C@@H]([C]=O)Cc1c[nH]c2ccccc12. The monoisotopic (exact) mass is 350 g/mol. The number of hydrogen-bond acceptors (Lipinski definition) is 4. The Balaban J connectivity index is 1.62. The number of nitrogens with two attached hydrogens (primary N) is 1. The fraction of sp³-hybridized carbons (Fsp3) is 0.200. The van der Waals surface area contributed by atoms with Crippen molar-refractivity contribution in [2.24, 2.45) is 5.73 Å². The number of fused-ring (bicyclic) bond motifs is 1. The van der Waals surface area contributed by atoms with Gasteiger partial charge in [0.15, 0.2) is 0 Å². The summed E-state index contributed by atoms with van der Waals surface area (Å²) in [6, 6.07) is 12.7. The fourth-order valence-corrected chi connectivity index (χ4v) is 2.90. The molecule has 0 aliphatic rings. The summed E-state index contributed by atoms with van der Waals surface area (Å²) in [7, 11) is 0. The van der Waals surface area contributed by atoms with E-state index in [-0.39, 0.29) is 5.75 Å². The van der Waals surface area contributed by atoms with E-state index in [9.17, 15) is 14.7 Å². The Morgan fingerprint density at radius 2 is 1.88 bits per heavy atom. The largest absolute Gasteiger partial charge is 0.508 e. The van der Waals surface area contributed by atoms with Gasteiger partial charge in [-0.1, -0.05) is 30.3 Å². The van der Waals surface area contributed by atoms with E-state index in [4.69, 9.17) is 5.73 Å². The normalized spacial score (nSPS) is 13.3. The zero-order valence-electron chi connectivity index (χ0n) is 14.1. The Morgan fingerprint density at radius 3 is 2.62 bits per heavy atom. The number of carbonyl (C=O) groups is 1. The number of aromatic nitrogens is 1. The number of benzene rings is 2. The first kappa shape index (κ1) is 17.7. The molecule has 3 rings (SSSR count). The Labute approximate surface area is 151 Å². The number of para-hydroxylation sites is 1. The van der Waals surface area contributed by atoms with Crippen LogP contribution in [0.1, 0.15) is 11.1 Å². The smallest absolute Gasteiger partial charge is 0.237 e. The van der Waals surface area contributed by atoms with E-state index in [0.717, 1.165) is 22.0 Å². The van der Waals surface area contributed by atoms with Gasteiger partial charge in [-0.15, -0.1) is 0 Å². The number of rotatable bonds is 7. The Kier molecular flexibility index (Phi) is 5.34. The number of aromatic amines is 1.